The van der Waals surface area contributed by atoms with Crippen molar-refractivity contribution in [3.05, 3.63) is 46.4 Å². The number of ether oxygens (including phenoxy) is 1. The second kappa shape index (κ2) is 4.84. The average Bonchev–Trinajstić information content (AvgIpc) is 3.12. The summed E-state index contributed by atoms with van der Waals surface area (Å²) in [4.78, 5) is 11.2. The summed E-state index contributed by atoms with van der Waals surface area (Å²) in [5, 5.41) is 14.1. The van der Waals surface area contributed by atoms with Crippen LogP contribution in [0.4, 0.5) is 0 Å². The molecule has 0 saturated carbocycles. The maximum Gasteiger partial charge on any atom is 0.345 e. The van der Waals surface area contributed by atoms with Gasteiger partial charge in [0.1, 0.15) is 11.4 Å². The number of aromatic nitrogens is 1. The molecule has 6 heteroatoms. The Bertz CT molecular complexity index is 888. The fraction of sp³-hybridized carbons (Fsp3) is 0.125. The van der Waals surface area contributed by atoms with Gasteiger partial charge in [0.25, 0.3) is 0 Å². The van der Waals surface area contributed by atoms with E-state index in [2.05, 4.69) is 21.1 Å². The second-order valence-electron chi connectivity index (χ2n) is 5.09. The second-order valence-corrected chi connectivity index (χ2v) is 5.94. The molecule has 0 saturated heterocycles. The molecule has 1 unspecified atom stereocenters. The van der Waals surface area contributed by atoms with Gasteiger partial charge in [-0.1, -0.05) is 35.5 Å². The van der Waals surface area contributed by atoms with Gasteiger partial charge >= 0.3 is 5.97 Å². The number of halogens is 1. The third kappa shape index (κ3) is 1.91. The van der Waals surface area contributed by atoms with E-state index < -0.39 is 12.1 Å². The van der Waals surface area contributed by atoms with Crippen molar-refractivity contribution in [1.29, 1.82) is 0 Å². The number of carboxylic acids is 1. The van der Waals surface area contributed by atoms with E-state index in [0.29, 0.717) is 15.8 Å². The van der Waals surface area contributed by atoms with Gasteiger partial charge in [0.2, 0.25) is 0 Å². The number of fused-ring (bicyclic) bond motifs is 3. The summed E-state index contributed by atoms with van der Waals surface area (Å²) in [6, 6.07) is 11.6. The summed E-state index contributed by atoms with van der Waals surface area (Å²) < 4.78 is 11.7. The SMILES string of the molecule is O=C(O)C1Cc2c(c(Br)cc3c(-c4ccccc4)noc23)O1. The van der Waals surface area contributed by atoms with Crippen molar-refractivity contribution < 1.29 is 19.2 Å². The molecule has 1 N–H and O–H groups in total. The van der Waals surface area contributed by atoms with Gasteiger partial charge in [0.15, 0.2) is 11.7 Å². The summed E-state index contributed by atoms with van der Waals surface area (Å²) in [5.41, 5.74) is 3.01. The predicted octanol–water partition coefficient (Wildman–Crippen LogP) is 3.65. The van der Waals surface area contributed by atoms with Crippen LogP contribution in [-0.2, 0) is 11.2 Å². The Labute approximate surface area is 133 Å². The Balaban J connectivity index is 1.92. The highest BCUT2D eigenvalue weighted by Crippen LogP contribution is 2.43. The zero-order chi connectivity index (χ0) is 15.3. The van der Waals surface area contributed by atoms with Crippen LogP contribution in [0.15, 0.2) is 45.4 Å². The zero-order valence-electron chi connectivity index (χ0n) is 11.2. The molecule has 1 aliphatic heterocycles. The van der Waals surface area contributed by atoms with Crippen LogP contribution in [0.3, 0.4) is 0 Å². The molecule has 0 spiro atoms. The highest BCUT2D eigenvalue weighted by Gasteiger charge is 2.34. The number of aliphatic carboxylic acids is 1. The number of rotatable bonds is 2. The fourth-order valence-electron chi connectivity index (χ4n) is 2.71. The van der Waals surface area contributed by atoms with Crippen molar-refractivity contribution in [3.8, 4) is 17.0 Å². The third-order valence-corrected chi connectivity index (χ3v) is 4.33. The molecule has 2 heterocycles. The normalized spacial score (nSPS) is 16.5. The molecule has 1 aromatic heterocycles. The van der Waals surface area contributed by atoms with Crippen LogP contribution in [0.1, 0.15) is 5.56 Å². The van der Waals surface area contributed by atoms with Crippen LogP contribution in [0, 0.1) is 0 Å². The first-order chi connectivity index (χ1) is 10.6. The van der Waals surface area contributed by atoms with E-state index in [4.69, 9.17) is 14.4 Å². The molecule has 0 bridgehead atoms. The predicted molar refractivity (Wildman–Crippen MR) is 82.9 cm³/mol. The Morgan fingerprint density at radius 2 is 2.09 bits per heavy atom. The molecule has 5 nitrogen and oxygen atoms in total. The van der Waals surface area contributed by atoms with Crippen LogP contribution in [0.5, 0.6) is 5.75 Å². The van der Waals surface area contributed by atoms with Gasteiger partial charge in [-0.2, -0.15) is 0 Å². The zero-order valence-corrected chi connectivity index (χ0v) is 12.8. The van der Waals surface area contributed by atoms with Gasteiger partial charge in [-0.15, -0.1) is 0 Å². The number of carbonyl (C=O) groups is 1. The van der Waals surface area contributed by atoms with Crippen molar-refractivity contribution in [3.63, 3.8) is 0 Å². The minimum atomic E-state index is -0.987. The topological polar surface area (TPSA) is 72.6 Å². The van der Waals surface area contributed by atoms with Crippen LogP contribution < -0.4 is 4.74 Å². The van der Waals surface area contributed by atoms with E-state index in [1.165, 1.54) is 0 Å². The summed E-state index contributed by atoms with van der Waals surface area (Å²) in [6.45, 7) is 0. The summed E-state index contributed by atoms with van der Waals surface area (Å²) in [5.74, 6) is -0.463. The Hall–Kier alpha value is -2.34. The Morgan fingerprint density at radius 3 is 2.82 bits per heavy atom. The molecule has 0 fully saturated rings. The monoisotopic (exact) mass is 359 g/mol. The summed E-state index contributed by atoms with van der Waals surface area (Å²) >= 11 is 3.45. The van der Waals surface area contributed by atoms with E-state index in [1.807, 2.05) is 36.4 Å². The van der Waals surface area contributed by atoms with Crippen LogP contribution in [0.25, 0.3) is 22.2 Å². The van der Waals surface area contributed by atoms with Gasteiger partial charge < -0.3 is 14.4 Å². The number of hydrogen-bond donors (Lipinski definition) is 1. The largest absolute Gasteiger partial charge is 0.478 e. The molecule has 0 aliphatic carbocycles. The minimum Gasteiger partial charge on any atom is -0.478 e. The lowest BCUT2D eigenvalue weighted by Gasteiger charge is -2.05. The van der Waals surface area contributed by atoms with Crippen LogP contribution in [-0.4, -0.2) is 22.3 Å². The third-order valence-electron chi connectivity index (χ3n) is 3.74. The molecular formula is C16H10BrNO4. The van der Waals surface area contributed by atoms with E-state index in [1.54, 1.807) is 0 Å². The van der Waals surface area contributed by atoms with Gasteiger partial charge in [-0.3, -0.25) is 0 Å². The molecule has 0 radical (unpaired) electrons. The highest BCUT2D eigenvalue weighted by atomic mass is 79.9. The quantitative estimate of drug-likeness (QED) is 0.755. The van der Waals surface area contributed by atoms with Crippen molar-refractivity contribution >= 4 is 32.9 Å². The Morgan fingerprint density at radius 1 is 1.32 bits per heavy atom. The minimum absolute atomic E-state index is 0.268. The van der Waals surface area contributed by atoms with E-state index >= 15 is 0 Å². The molecule has 110 valence electrons. The standard InChI is InChI=1S/C16H10BrNO4/c17-11-6-9-13(8-4-2-1-3-5-8)18-22-14(9)10-7-12(16(19)20)21-15(10)11/h1-6,12H,7H2,(H,19,20). The number of carboxylic acid groups (broad SMARTS) is 1. The van der Waals surface area contributed by atoms with Gasteiger partial charge in [0, 0.05) is 17.5 Å². The summed E-state index contributed by atoms with van der Waals surface area (Å²) in [6.07, 6.45) is -0.619. The molecule has 2 aromatic carbocycles. The van der Waals surface area contributed by atoms with Gasteiger partial charge in [0.05, 0.1) is 9.86 Å². The van der Waals surface area contributed by atoms with Crippen molar-refractivity contribution in [2.45, 2.75) is 12.5 Å². The molecule has 1 aliphatic rings. The lowest BCUT2D eigenvalue weighted by molar-refractivity contribution is -0.144. The lowest BCUT2D eigenvalue weighted by atomic mass is 10.0. The van der Waals surface area contributed by atoms with E-state index in [9.17, 15) is 4.79 Å². The summed E-state index contributed by atoms with van der Waals surface area (Å²) in [7, 11) is 0. The molecule has 3 aromatic rings. The van der Waals surface area contributed by atoms with E-state index in [0.717, 1.165) is 22.2 Å². The van der Waals surface area contributed by atoms with Crippen molar-refractivity contribution in [2.24, 2.45) is 0 Å². The molecule has 1 atom stereocenters. The highest BCUT2D eigenvalue weighted by molar-refractivity contribution is 9.10. The maximum atomic E-state index is 11.2. The van der Waals surface area contributed by atoms with Gasteiger partial charge in [-0.25, -0.2) is 4.79 Å². The van der Waals surface area contributed by atoms with Gasteiger partial charge in [-0.05, 0) is 22.0 Å². The Kier molecular flexibility index (Phi) is 2.94. The molecule has 4 rings (SSSR count). The van der Waals surface area contributed by atoms with Crippen LogP contribution in [0.2, 0.25) is 0 Å². The average molecular weight is 360 g/mol. The first-order valence-corrected chi connectivity index (χ1v) is 7.50. The first-order valence-electron chi connectivity index (χ1n) is 6.71. The van der Waals surface area contributed by atoms with Crippen LogP contribution >= 0.6 is 15.9 Å². The number of nitrogens with zero attached hydrogens (tertiary/aromatic N) is 1. The molecule has 22 heavy (non-hydrogen) atoms. The first kappa shape index (κ1) is 13.3. The van der Waals surface area contributed by atoms with Crippen molar-refractivity contribution in [1.82, 2.24) is 5.16 Å². The molecule has 0 amide bonds. The fourth-order valence-corrected chi connectivity index (χ4v) is 3.27. The maximum absolute atomic E-state index is 11.2. The number of benzene rings is 2. The lowest BCUT2D eigenvalue weighted by Crippen LogP contribution is -2.24. The van der Waals surface area contributed by atoms with E-state index in [-0.39, 0.29) is 6.42 Å². The number of hydrogen-bond acceptors (Lipinski definition) is 4. The van der Waals surface area contributed by atoms with Crippen molar-refractivity contribution in [2.75, 3.05) is 0 Å². The molecular weight excluding hydrogens is 350 g/mol. The smallest absolute Gasteiger partial charge is 0.345 e.